The van der Waals surface area contributed by atoms with Crippen molar-refractivity contribution < 1.29 is 47.7 Å². The highest BCUT2D eigenvalue weighted by molar-refractivity contribution is 9.10. The second-order valence-corrected chi connectivity index (χ2v) is 25.0. The van der Waals surface area contributed by atoms with Crippen molar-refractivity contribution in [3.8, 4) is 34.3 Å². The van der Waals surface area contributed by atoms with Crippen molar-refractivity contribution in [3.05, 3.63) is 168 Å². The lowest BCUT2D eigenvalue weighted by molar-refractivity contribution is 0.00578. The van der Waals surface area contributed by atoms with Crippen LogP contribution in [0.3, 0.4) is 0 Å². The predicted octanol–water partition coefficient (Wildman–Crippen LogP) is 14.4. The highest BCUT2D eigenvalue weighted by Crippen LogP contribution is 2.37. The van der Waals surface area contributed by atoms with Gasteiger partial charge in [-0.3, -0.25) is 19.8 Å². The van der Waals surface area contributed by atoms with E-state index >= 15 is 0 Å². The van der Waals surface area contributed by atoms with Gasteiger partial charge in [-0.1, -0.05) is 74.9 Å². The van der Waals surface area contributed by atoms with E-state index in [2.05, 4.69) is 91.9 Å². The molecule has 5 heterocycles. The molecule has 3 N–H and O–H groups in total. The quantitative estimate of drug-likeness (QED) is 0.0589. The smallest absolute Gasteiger partial charge is 0.494 e. The summed E-state index contributed by atoms with van der Waals surface area (Å²) in [5.74, 6) is 2.01. The van der Waals surface area contributed by atoms with Gasteiger partial charge in [-0.2, -0.15) is 0 Å². The number of rotatable bonds is 12. The second-order valence-electron chi connectivity index (χ2n) is 22.8. The number of nitrogens with one attached hydrogen (secondary N) is 2. The summed E-state index contributed by atoms with van der Waals surface area (Å²) < 4.78 is 44.5. The SMILES string of the molecule is Brc1ccc(OC2CCCCC2)cc1.CC1(C)OB(c2ccc(OC3CCCCC3)cc2)OC1(C)C.CCOC(=O)c1c[nH]n2c(=O)cc(-c3ccc(OC4CCCCC4)cc3)nc12.CCOC(=O)c1c[nH]n2c(=O)cc(Cl)nc12.Oc1ccc(Br)cc1. The predicted molar refractivity (Wildman–Crippen MR) is 349 cm³/mol. The molecule has 1 saturated heterocycles. The highest BCUT2D eigenvalue weighted by atomic mass is 79.9. The number of halogens is 3. The number of nitrogens with zero attached hydrogens (tertiary/aromatic N) is 4. The zero-order valence-electron chi connectivity index (χ0n) is 50.7. The maximum absolute atomic E-state index is 12.4. The van der Waals surface area contributed by atoms with E-state index in [1.54, 1.807) is 38.1 Å². The molecule has 22 heteroatoms. The van der Waals surface area contributed by atoms with Gasteiger partial charge in [0.1, 0.15) is 39.3 Å². The molecular formula is C66H78BBr2ClN6O12. The number of aromatic amines is 2. The number of aromatic nitrogens is 6. The molecule has 4 aromatic carbocycles. The van der Waals surface area contributed by atoms with E-state index < -0.39 is 11.9 Å². The zero-order valence-corrected chi connectivity index (χ0v) is 54.7. The van der Waals surface area contributed by atoms with Crippen LogP contribution in [0.25, 0.3) is 22.6 Å². The van der Waals surface area contributed by atoms with Crippen LogP contribution < -0.4 is 30.8 Å². The monoisotopic (exact) mass is 1350 g/mol. The molecular weight excluding hydrogens is 1270 g/mol. The Bertz CT molecular complexity index is 3600. The Morgan fingerprint density at radius 1 is 0.580 bits per heavy atom. The first-order chi connectivity index (χ1) is 42.3. The van der Waals surface area contributed by atoms with Crippen LogP contribution in [0.5, 0.6) is 23.0 Å². The number of ether oxygens (including phenoxy) is 5. The molecule has 4 aromatic heterocycles. The topological polar surface area (TPSA) is 219 Å². The number of fused-ring (bicyclic) bond motifs is 2. The third-order valence-corrected chi connectivity index (χ3v) is 17.0. The number of aromatic hydroxyl groups is 1. The minimum atomic E-state index is -0.546. The van der Waals surface area contributed by atoms with Crippen molar-refractivity contribution in [1.29, 1.82) is 0 Å². The Morgan fingerprint density at radius 3 is 1.36 bits per heavy atom. The van der Waals surface area contributed by atoms with E-state index in [1.165, 1.54) is 106 Å². The Balaban J connectivity index is 0.000000150. The van der Waals surface area contributed by atoms with E-state index in [1.807, 2.05) is 60.7 Å². The second kappa shape index (κ2) is 32.0. The van der Waals surface area contributed by atoms with Crippen LogP contribution in [-0.2, 0) is 18.8 Å². The molecule has 0 amide bonds. The van der Waals surface area contributed by atoms with Crippen molar-refractivity contribution >= 4 is 79.3 Å². The van der Waals surface area contributed by atoms with Crippen molar-refractivity contribution in [2.75, 3.05) is 13.2 Å². The van der Waals surface area contributed by atoms with Crippen LogP contribution in [-0.4, -0.2) is 96.1 Å². The molecule has 8 aromatic rings. The minimum absolute atomic E-state index is 0.0372. The molecule has 0 radical (unpaired) electrons. The molecule has 0 atom stereocenters. The number of esters is 2. The van der Waals surface area contributed by atoms with Crippen molar-refractivity contribution in [1.82, 2.24) is 29.2 Å². The molecule has 3 saturated carbocycles. The van der Waals surface area contributed by atoms with Crippen LogP contribution in [0.4, 0.5) is 0 Å². The number of carbonyl (C=O) groups is 2. The molecule has 4 aliphatic rings. The van der Waals surface area contributed by atoms with Crippen molar-refractivity contribution in [2.24, 2.45) is 0 Å². The van der Waals surface area contributed by atoms with Crippen LogP contribution in [0.1, 0.15) is 159 Å². The number of hydrogen-bond donors (Lipinski definition) is 3. The summed E-state index contributed by atoms with van der Waals surface area (Å²) in [5.41, 5.74) is 1.90. The number of phenols is 1. The molecule has 0 unspecified atom stereocenters. The fourth-order valence-electron chi connectivity index (χ4n) is 10.3. The van der Waals surface area contributed by atoms with Crippen LogP contribution >= 0.6 is 43.5 Å². The van der Waals surface area contributed by atoms with Gasteiger partial charge in [-0.25, -0.2) is 28.6 Å². The van der Waals surface area contributed by atoms with Crippen LogP contribution in [0.2, 0.25) is 5.15 Å². The van der Waals surface area contributed by atoms with E-state index in [4.69, 9.17) is 49.7 Å². The number of phenolic OH excluding ortho intramolecular Hbond substituents is 1. The number of hydrogen-bond acceptors (Lipinski definition) is 14. The maximum atomic E-state index is 12.4. The summed E-state index contributed by atoms with van der Waals surface area (Å²) >= 11 is 12.3. The van der Waals surface area contributed by atoms with Crippen molar-refractivity contribution in [3.63, 3.8) is 0 Å². The fraction of sp³-hybridized carbons (Fsp3) is 0.424. The summed E-state index contributed by atoms with van der Waals surface area (Å²) in [7, 11) is -0.297. The summed E-state index contributed by atoms with van der Waals surface area (Å²) in [5, 5.41) is 14.1. The summed E-state index contributed by atoms with van der Waals surface area (Å²) in [6.45, 7) is 12.2. The fourth-order valence-corrected chi connectivity index (χ4v) is 11.0. The maximum Gasteiger partial charge on any atom is 0.494 e. The van der Waals surface area contributed by atoms with E-state index in [9.17, 15) is 19.2 Å². The van der Waals surface area contributed by atoms with E-state index in [0.717, 1.165) is 60.6 Å². The van der Waals surface area contributed by atoms with Crippen molar-refractivity contribution in [2.45, 2.75) is 167 Å². The lowest BCUT2D eigenvalue weighted by Crippen LogP contribution is -2.41. The van der Waals surface area contributed by atoms with Gasteiger partial charge in [0.25, 0.3) is 11.1 Å². The Morgan fingerprint density at radius 2 is 0.955 bits per heavy atom. The molecule has 0 spiro atoms. The first-order valence-electron chi connectivity index (χ1n) is 30.3. The van der Waals surface area contributed by atoms with Gasteiger partial charge in [-0.05, 0) is 209 Å². The minimum Gasteiger partial charge on any atom is -0.508 e. The van der Waals surface area contributed by atoms with Gasteiger partial charge in [0, 0.05) is 39.0 Å². The molecule has 12 rings (SSSR count). The molecule has 0 bridgehead atoms. The van der Waals surface area contributed by atoms with E-state index in [-0.39, 0.29) is 76.3 Å². The highest BCUT2D eigenvalue weighted by Gasteiger charge is 2.51. The van der Waals surface area contributed by atoms with Crippen LogP contribution in [0.15, 0.2) is 140 Å². The van der Waals surface area contributed by atoms with E-state index in [0.29, 0.717) is 23.7 Å². The lowest BCUT2D eigenvalue weighted by atomic mass is 9.79. The summed E-state index contributed by atoms with van der Waals surface area (Å²) in [6, 6.07) is 33.3. The van der Waals surface area contributed by atoms with Crippen LogP contribution in [0, 0.1) is 0 Å². The lowest BCUT2D eigenvalue weighted by Gasteiger charge is -2.32. The van der Waals surface area contributed by atoms with Gasteiger partial charge >= 0.3 is 19.1 Å². The first kappa shape index (κ1) is 67.0. The number of carbonyl (C=O) groups excluding carboxylic acids is 2. The molecule has 4 fully saturated rings. The number of H-pyrrole nitrogens is 2. The largest absolute Gasteiger partial charge is 0.508 e. The first-order valence-corrected chi connectivity index (χ1v) is 32.2. The average molecular weight is 1350 g/mol. The molecule has 18 nitrogen and oxygen atoms in total. The normalized spacial score (nSPS) is 16.5. The van der Waals surface area contributed by atoms with Gasteiger partial charge in [0.2, 0.25) is 0 Å². The van der Waals surface area contributed by atoms with Gasteiger partial charge in [-0.15, -0.1) is 0 Å². The third kappa shape index (κ3) is 18.8. The summed E-state index contributed by atoms with van der Waals surface area (Å²) in [6.07, 6.45) is 22.6. The van der Waals surface area contributed by atoms with Gasteiger partial charge in [0.05, 0.1) is 48.4 Å². The summed E-state index contributed by atoms with van der Waals surface area (Å²) in [4.78, 5) is 55.9. The zero-order chi connectivity index (χ0) is 62.8. The third-order valence-electron chi connectivity index (χ3n) is 15.7. The Labute approximate surface area is 535 Å². The molecule has 88 heavy (non-hydrogen) atoms. The molecule has 1 aliphatic heterocycles. The Kier molecular flexibility index (Phi) is 24.4. The number of benzene rings is 4. The van der Waals surface area contributed by atoms with Gasteiger partial charge < -0.3 is 38.1 Å². The average Bonchev–Trinajstić information content (AvgIpc) is 1.88. The standard InChI is InChI=1S/C21H23N3O4.C18H27BO3.C12H15BrO.C9H8ClN3O3.C6H5BrO/c1-2-27-21(26)17-13-22-24-19(25)12-18(23-20(17)24)14-8-10-16(11-9-14)28-15-6-4-3-5-7-15;1-17(2)18(3,4)22-19(21-17)14-10-12-16(13-11-14)20-15-8-6-5-7-9-15;13-10-6-8-12(9-7-10)14-11-4-2-1-3-5-11;1-2-16-9(15)5-4-11-13-7(14)3-6(10)12-8(5)13;7-5-1-3-6(8)4-2-5/h8-13,15,22H,2-7H2,1H3;10-13,15H,5-9H2,1-4H3;6-9,11H,1-5H2;3-4,11H,2H2,1H3;1-4,8H. The molecule has 468 valence electrons. The Hall–Kier alpha value is -6.91. The van der Waals surface area contributed by atoms with Gasteiger partial charge in [0.15, 0.2) is 11.3 Å². The molecule has 3 aliphatic carbocycles.